The number of aromatic nitrogens is 2. The lowest BCUT2D eigenvalue weighted by molar-refractivity contribution is -0.187. The summed E-state index contributed by atoms with van der Waals surface area (Å²) in [6, 6.07) is 11.9. The molecule has 2 aliphatic rings. The van der Waals surface area contributed by atoms with Crippen LogP contribution in [0.5, 0.6) is 0 Å². The van der Waals surface area contributed by atoms with Crippen LogP contribution in [0.1, 0.15) is 46.1 Å². The highest BCUT2D eigenvalue weighted by Gasteiger charge is 2.48. The molecule has 0 radical (unpaired) electrons. The van der Waals surface area contributed by atoms with E-state index < -0.39 is 40.5 Å². The van der Waals surface area contributed by atoms with E-state index in [2.05, 4.69) is 20.3 Å². The number of rotatable bonds is 5. The van der Waals surface area contributed by atoms with Crippen LogP contribution in [0, 0.1) is 12.8 Å². The first kappa shape index (κ1) is 27.1. The van der Waals surface area contributed by atoms with Gasteiger partial charge in [-0.1, -0.05) is 42.0 Å². The molecule has 1 aromatic heterocycles. The molecule has 0 bridgehead atoms. The summed E-state index contributed by atoms with van der Waals surface area (Å²) in [5, 5.41) is 5.13. The molecule has 0 spiro atoms. The largest absolute Gasteiger partial charge is 0.391 e. The number of halogens is 3. The van der Waals surface area contributed by atoms with Crippen molar-refractivity contribution < 1.29 is 26.4 Å². The zero-order chi connectivity index (χ0) is 27.9. The number of aryl methyl sites for hydroxylation is 1. The summed E-state index contributed by atoms with van der Waals surface area (Å²) in [6.07, 6.45) is -3.88. The van der Waals surface area contributed by atoms with Gasteiger partial charge in [0.15, 0.2) is 11.6 Å². The number of sulfonamides is 1. The second-order valence-electron chi connectivity index (χ2n) is 9.50. The summed E-state index contributed by atoms with van der Waals surface area (Å²) in [4.78, 5) is 21.0. The SMILES string of the molecule is Cc1ccc(S(=O)(=O)N2CCC(C(F)(F)F)CC2c2ccccc2CN2C(=C=S)NC(=O)c3[nH]cnc32)cc1. The van der Waals surface area contributed by atoms with Gasteiger partial charge in [-0.3, -0.25) is 15.0 Å². The standard InChI is InChI=1S/C26H24F3N5O3S2/c1-16-6-8-19(9-7-16)39(36,37)34-11-10-18(26(27,28)29)12-21(34)20-5-3-2-4-17(20)13-33-22(14-38)32-25(35)23-24(33)31-15-30-23/h2-9,15,18,21H,10-13H2,1H3,(H,30,31)(H,32,35). The maximum Gasteiger partial charge on any atom is 0.391 e. The molecule has 204 valence electrons. The lowest BCUT2D eigenvalue weighted by Crippen LogP contribution is -2.45. The van der Waals surface area contributed by atoms with E-state index in [0.29, 0.717) is 11.1 Å². The van der Waals surface area contributed by atoms with Crippen molar-refractivity contribution in [3.63, 3.8) is 0 Å². The summed E-state index contributed by atoms with van der Waals surface area (Å²) in [6.45, 7) is 1.59. The molecule has 1 amide bonds. The topological polar surface area (TPSA) is 98.4 Å². The molecular formula is C26H24F3N5O3S2. The molecule has 2 unspecified atom stereocenters. The van der Waals surface area contributed by atoms with Gasteiger partial charge in [-0.25, -0.2) is 13.4 Å². The van der Waals surface area contributed by atoms with Gasteiger partial charge in [0.2, 0.25) is 10.0 Å². The fourth-order valence-electron chi connectivity index (χ4n) is 5.07. The van der Waals surface area contributed by atoms with Crippen LogP contribution >= 0.6 is 12.2 Å². The molecule has 2 atom stereocenters. The summed E-state index contributed by atoms with van der Waals surface area (Å²) in [5.74, 6) is -1.68. The van der Waals surface area contributed by atoms with Gasteiger partial charge in [0.05, 0.1) is 29.7 Å². The summed E-state index contributed by atoms with van der Waals surface area (Å²) >= 11 is 4.97. The second kappa shape index (κ2) is 10.2. The van der Waals surface area contributed by atoms with E-state index in [1.807, 2.05) is 6.92 Å². The number of alkyl halides is 3. The normalized spacial score (nSPS) is 20.4. The van der Waals surface area contributed by atoms with E-state index in [1.165, 1.54) is 22.8 Å². The van der Waals surface area contributed by atoms with Crippen molar-refractivity contribution in [1.29, 1.82) is 0 Å². The zero-order valence-electron chi connectivity index (χ0n) is 20.7. The predicted molar refractivity (Wildman–Crippen MR) is 141 cm³/mol. The Balaban J connectivity index is 1.58. The minimum atomic E-state index is -4.47. The van der Waals surface area contributed by atoms with Crippen molar-refractivity contribution in [1.82, 2.24) is 19.6 Å². The Bertz CT molecular complexity index is 1560. The zero-order valence-corrected chi connectivity index (χ0v) is 22.3. The molecule has 0 aliphatic carbocycles. The Kier molecular flexibility index (Phi) is 7.10. The number of carbonyl (C=O) groups is 1. The number of carbonyl (C=O) groups excluding carboxylic acids is 1. The van der Waals surface area contributed by atoms with Crippen LogP contribution in [0.3, 0.4) is 0 Å². The number of nitrogens with zero attached hydrogens (tertiary/aromatic N) is 3. The number of amides is 1. The molecule has 5 rings (SSSR count). The first-order chi connectivity index (χ1) is 18.5. The van der Waals surface area contributed by atoms with E-state index >= 15 is 0 Å². The molecule has 2 aromatic carbocycles. The second-order valence-corrected chi connectivity index (χ2v) is 11.6. The summed E-state index contributed by atoms with van der Waals surface area (Å²) in [5.41, 5.74) is 2.04. The van der Waals surface area contributed by atoms with Crippen LogP contribution in [0.15, 0.2) is 65.6 Å². The number of H-pyrrole nitrogens is 1. The van der Waals surface area contributed by atoms with Gasteiger partial charge in [0.25, 0.3) is 5.91 Å². The van der Waals surface area contributed by atoms with Gasteiger partial charge in [0, 0.05) is 6.54 Å². The molecular weight excluding hydrogens is 551 g/mol. The smallest absolute Gasteiger partial charge is 0.339 e. The van der Waals surface area contributed by atoms with Crippen molar-refractivity contribution in [3.8, 4) is 0 Å². The quantitative estimate of drug-likeness (QED) is 0.431. The average Bonchev–Trinajstić information content (AvgIpc) is 3.41. The summed E-state index contributed by atoms with van der Waals surface area (Å²) in [7, 11) is -4.11. The van der Waals surface area contributed by atoms with E-state index in [9.17, 15) is 26.4 Å². The van der Waals surface area contributed by atoms with Crippen LogP contribution in [-0.4, -0.2) is 46.3 Å². The maximum absolute atomic E-state index is 13.9. The van der Waals surface area contributed by atoms with Crippen molar-refractivity contribution >= 4 is 39.0 Å². The predicted octanol–water partition coefficient (Wildman–Crippen LogP) is 4.61. The third kappa shape index (κ3) is 5.10. The molecule has 0 saturated carbocycles. The Labute approximate surface area is 228 Å². The molecule has 8 nitrogen and oxygen atoms in total. The van der Waals surface area contributed by atoms with Gasteiger partial charge in [-0.15, -0.1) is 0 Å². The Morgan fingerprint density at radius 2 is 1.87 bits per heavy atom. The average molecular weight is 576 g/mol. The van der Waals surface area contributed by atoms with Gasteiger partial charge < -0.3 is 4.98 Å². The first-order valence-corrected chi connectivity index (χ1v) is 14.0. The minimum Gasteiger partial charge on any atom is -0.339 e. The number of piperidine rings is 1. The Hall–Kier alpha value is -3.51. The highest BCUT2D eigenvalue weighted by molar-refractivity contribution is 7.89. The summed E-state index contributed by atoms with van der Waals surface area (Å²) < 4.78 is 70.4. The molecule has 2 N–H and O–H groups in total. The number of fused-ring (bicyclic) bond motifs is 1. The monoisotopic (exact) mass is 575 g/mol. The number of anilines is 1. The van der Waals surface area contributed by atoms with Crippen LogP contribution in [0.2, 0.25) is 0 Å². The van der Waals surface area contributed by atoms with Crippen LogP contribution < -0.4 is 10.2 Å². The molecule has 1 saturated heterocycles. The van der Waals surface area contributed by atoms with Gasteiger partial charge >= 0.3 is 6.18 Å². The van der Waals surface area contributed by atoms with Gasteiger partial charge in [0.1, 0.15) is 5.69 Å². The molecule has 1 fully saturated rings. The highest BCUT2D eigenvalue weighted by Crippen LogP contribution is 2.45. The van der Waals surface area contributed by atoms with Crippen LogP contribution in [-0.2, 0) is 16.6 Å². The van der Waals surface area contributed by atoms with E-state index in [1.54, 1.807) is 41.3 Å². The Morgan fingerprint density at radius 3 is 2.56 bits per heavy atom. The molecule has 3 aromatic rings. The number of benzene rings is 2. The Morgan fingerprint density at radius 1 is 1.15 bits per heavy atom. The van der Waals surface area contributed by atoms with Crippen molar-refractivity contribution in [3.05, 3.63) is 83.1 Å². The highest BCUT2D eigenvalue weighted by atomic mass is 32.2. The maximum atomic E-state index is 13.9. The minimum absolute atomic E-state index is 0.0203. The lowest BCUT2D eigenvalue weighted by Gasteiger charge is -2.40. The van der Waals surface area contributed by atoms with Gasteiger partial charge in [-0.2, -0.15) is 17.5 Å². The van der Waals surface area contributed by atoms with Crippen LogP contribution in [0.4, 0.5) is 19.0 Å². The third-order valence-corrected chi connectivity index (χ3v) is 9.20. The van der Waals surface area contributed by atoms with Crippen LogP contribution in [0.25, 0.3) is 0 Å². The van der Waals surface area contributed by atoms with Crippen molar-refractivity contribution in [2.75, 3.05) is 11.4 Å². The molecule has 2 aliphatic heterocycles. The number of hydrogen-bond acceptors (Lipinski definition) is 6. The van der Waals surface area contributed by atoms with E-state index in [0.717, 1.165) is 5.56 Å². The molecule has 39 heavy (non-hydrogen) atoms. The lowest BCUT2D eigenvalue weighted by atomic mass is 9.86. The number of thiocarbonyl (C=S) groups is 1. The number of nitrogens with one attached hydrogen (secondary N) is 2. The number of hydrogen-bond donors (Lipinski definition) is 2. The van der Waals surface area contributed by atoms with E-state index in [4.69, 9.17) is 12.2 Å². The molecule has 3 heterocycles. The molecule has 13 heteroatoms. The van der Waals surface area contributed by atoms with E-state index in [-0.39, 0.29) is 41.7 Å². The number of imidazole rings is 1. The third-order valence-electron chi connectivity index (χ3n) is 7.09. The van der Waals surface area contributed by atoms with Crippen molar-refractivity contribution in [2.45, 2.75) is 43.4 Å². The fraction of sp³-hybridized carbons (Fsp3) is 0.308. The fourth-order valence-corrected chi connectivity index (χ4v) is 6.86. The van der Waals surface area contributed by atoms with Gasteiger partial charge in [-0.05, 0) is 60.3 Å². The van der Waals surface area contributed by atoms with Crippen molar-refractivity contribution in [2.24, 2.45) is 5.92 Å². The number of aromatic amines is 1. The first-order valence-electron chi connectivity index (χ1n) is 12.1.